The first kappa shape index (κ1) is 12.0. The summed E-state index contributed by atoms with van der Waals surface area (Å²) in [5.74, 6) is 0.148. The molecule has 2 heterocycles. The number of nitrogens with zero attached hydrogens (tertiary/aromatic N) is 3. The van der Waals surface area contributed by atoms with E-state index in [1.54, 1.807) is 6.20 Å². The highest BCUT2D eigenvalue weighted by Gasteiger charge is 2.13. The summed E-state index contributed by atoms with van der Waals surface area (Å²) in [6.07, 6.45) is 3.52. The van der Waals surface area contributed by atoms with Gasteiger partial charge in [-0.3, -0.25) is 4.79 Å². The molecule has 0 radical (unpaired) electrons. The van der Waals surface area contributed by atoms with Gasteiger partial charge < -0.3 is 10.1 Å². The molecule has 0 saturated carbocycles. The molecule has 17 heavy (non-hydrogen) atoms. The zero-order valence-corrected chi connectivity index (χ0v) is 10.1. The van der Waals surface area contributed by atoms with Crippen LogP contribution in [0.1, 0.15) is 25.5 Å². The number of rotatable bonds is 0. The third-order valence-corrected chi connectivity index (χ3v) is 2.95. The molecular formula is C11H18N4O2. The smallest absolute Gasteiger partial charge is 0.222 e. The minimum Gasteiger partial charge on any atom is -0.373 e. The Kier molecular flexibility index (Phi) is 4.08. The van der Waals surface area contributed by atoms with E-state index in [1.165, 1.54) is 0 Å². The van der Waals surface area contributed by atoms with Crippen LogP contribution in [0.5, 0.6) is 0 Å². The normalized spacial score (nSPS) is 23.1. The van der Waals surface area contributed by atoms with E-state index in [4.69, 9.17) is 4.74 Å². The summed E-state index contributed by atoms with van der Waals surface area (Å²) in [6.45, 7) is 4.31. The van der Waals surface area contributed by atoms with Crippen molar-refractivity contribution in [3.05, 3.63) is 11.9 Å². The number of carbonyl (C=O) groups excluding carboxylic acids is 1. The number of aryl methyl sites for hydroxylation is 1. The van der Waals surface area contributed by atoms with Crippen molar-refractivity contribution in [2.45, 2.75) is 32.9 Å². The van der Waals surface area contributed by atoms with E-state index in [9.17, 15) is 4.79 Å². The van der Waals surface area contributed by atoms with Crippen molar-refractivity contribution in [3.63, 3.8) is 0 Å². The average molecular weight is 238 g/mol. The molecule has 6 nitrogen and oxygen atoms in total. The van der Waals surface area contributed by atoms with Crippen LogP contribution in [-0.2, 0) is 22.7 Å². The lowest BCUT2D eigenvalue weighted by Gasteiger charge is -2.14. The molecule has 1 aliphatic rings. The van der Waals surface area contributed by atoms with Crippen LogP contribution in [0.2, 0.25) is 0 Å². The molecule has 1 N–H and O–H groups in total. The molecule has 0 aromatic carbocycles. The van der Waals surface area contributed by atoms with Gasteiger partial charge >= 0.3 is 0 Å². The van der Waals surface area contributed by atoms with Gasteiger partial charge in [-0.25, -0.2) is 4.68 Å². The first-order valence-electron chi connectivity index (χ1n) is 6.00. The Balaban J connectivity index is 2.00. The second-order valence-corrected chi connectivity index (χ2v) is 4.34. The Labute approximate surface area is 100 Å². The summed E-state index contributed by atoms with van der Waals surface area (Å²) in [7, 11) is 0. The van der Waals surface area contributed by atoms with Crippen molar-refractivity contribution in [2.24, 2.45) is 5.92 Å². The molecule has 1 aliphatic heterocycles. The third-order valence-electron chi connectivity index (χ3n) is 2.95. The van der Waals surface area contributed by atoms with Gasteiger partial charge in [-0.15, -0.1) is 5.10 Å². The van der Waals surface area contributed by atoms with Gasteiger partial charge in [0.1, 0.15) is 0 Å². The fraction of sp³-hybridized carbons (Fsp3) is 0.727. The Morgan fingerprint density at radius 1 is 1.59 bits per heavy atom. The van der Waals surface area contributed by atoms with Crippen LogP contribution in [0.25, 0.3) is 0 Å². The highest BCUT2D eigenvalue weighted by atomic mass is 16.5. The number of hydrogen-bond acceptors (Lipinski definition) is 4. The third kappa shape index (κ3) is 3.26. The van der Waals surface area contributed by atoms with E-state index in [-0.39, 0.29) is 11.8 Å². The lowest BCUT2D eigenvalue weighted by molar-refractivity contribution is -0.125. The number of ether oxygens (including phenoxy) is 1. The summed E-state index contributed by atoms with van der Waals surface area (Å²) in [5, 5.41) is 10.8. The molecule has 1 aromatic rings. The van der Waals surface area contributed by atoms with Crippen molar-refractivity contribution in [1.82, 2.24) is 20.3 Å². The number of amides is 1. The quantitative estimate of drug-likeness (QED) is 0.707. The fourth-order valence-electron chi connectivity index (χ4n) is 1.85. The van der Waals surface area contributed by atoms with Crippen molar-refractivity contribution >= 4 is 5.91 Å². The van der Waals surface area contributed by atoms with E-state index in [0.717, 1.165) is 25.1 Å². The van der Waals surface area contributed by atoms with Crippen molar-refractivity contribution in [3.8, 4) is 0 Å². The van der Waals surface area contributed by atoms with Gasteiger partial charge in [0.2, 0.25) is 5.91 Å². The van der Waals surface area contributed by atoms with Gasteiger partial charge in [-0.2, -0.15) is 0 Å². The second-order valence-electron chi connectivity index (χ2n) is 4.34. The second kappa shape index (κ2) is 5.77. The monoisotopic (exact) mass is 238 g/mol. The predicted molar refractivity (Wildman–Crippen MR) is 61.1 cm³/mol. The Hall–Kier alpha value is -1.43. The lowest BCUT2D eigenvalue weighted by Crippen LogP contribution is -2.32. The van der Waals surface area contributed by atoms with E-state index in [0.29, 0.717) is 19.8 Å². The Bertz CT molecular complexity index is 377. The molecule has 94 valence electrons. The SMILES string of the molecule is C[C@@H]1CCCn2nncc2COCCNC1=O. The molecule has 6 heteroatoms. The first-order valence-corrected chi connectivity index (χ1v) is 6.00. The molecule has 0 bridgehead atoms. The van der Waals surface area contributed by atoms with E-state index in [1.807, 2.05) is 11.6 Å². The molecular weight excluding hydrogens is 220 g/mol. The molecule has 0 saturated heterocycles. The number of hydrogen-bond donors (Lipinski definition) is 1. The minimum absolute atomic E-state index is 0.0430. The van der Waals surface area contributed by atoms with Crippen LogP contribution < -0.4 is 5.32 Å². The van der Waals surface area contributed by atoms with Gasteiger partial charge in [0.15, 0.2) is 0 Å². The number of aromatic nitrogens is 3. The zero-order valence-electron chi connectivity index (χ0n) is 10.1. The molecule has 2 rings (SSSR count). The standard InChI is InChI=1S/C11H18N4O2/c1-9-3-2-5-15-10(7-13-14-15)8-17-6-4-12-11(9)16/h7,9H,2-6,8H2,1H3,(H,12,16)/t9-/m1/s1. The van der Waals surface area contributed by atoms with Gasteiger partial charge in [0, 0.05) is 19.0 Å². The molecule has 0 unspecified atom stereocenters. The van der Waals surface area contributed by atoms with Crippen molar-refractivity contribution < 1.29 is 9.53 Å². The highest BCUT2D eigenvalue weighted by Crippen LogP contribution is 2.09. The average Bonchev–Trinajstić information content (AvgIpc) is 2.74. The summed E-state index contributed by atoms with van der Waals surface area (Å²) < 4.78 is 7.31. The van der Waals surface area contributed by atoms with Crippen LogP contribution >= 0.6 is 0 Å². The molecule has 0 spiro atoms. The van der Waals surface area contributed by atoms with E-state index in [2.05, 4.69) is 15.6 Å². The van der Waals surface area contributed by atoms with Crippen molar-refractivity contribution in [1.29, 1.82) is 0 Å². The Morgan fingerprint density at radius 3 is 3.35 bits per heavy atom. The lowest BCUT2D eigenvalue weighted by atomic mass is 10.0. The van der Waals surface area contributed by atoms with Crippen LogP contribution in [0.4, 0.5) is 0 Å². The van der Waals surface area contributed by atoms with Crippen molar-refractivity contribution in [2.75, 3.05) is 13.2 Å². The van der Waals surface area contributed by atoms with Gasteiger partial charge in [-0.1, -0.05) is 12.1 Å². The van der Waals surface area contributed by atoms with Crippen LogP contribution in [0, 0.1) is 5.92 Å². The van der Waals surface area contributed by atoms with Gasteiger partial charge in [-0.05, 0) is 12.8 Å². The topological polar surface area (TPSA) is 69.0 Å². The Morgan fingerprint density at radius 2 is 2.47 bits per heavy atom. The first-order chi connectivity index (χ1) is 8.27. The van der Waals surface area contributed by atoms with Crippen LogP contribution in [0.15, 0.2) is 6.20 Å². The highest BCUT2D eigenvalue weighted by molar-refractivity contribution is 5.78. The molecule has 1 amide bonds. The fourth-order valence-corrected chi connectivity index (χ4v) is 1.85. The summed E-state index contributed by atoms with van der Waals surface area (Å²) >= 11 is 0. The van der Waals surface area contributed by atoms with E-state index >= 15 is 0 Å². The zero-order chi connectivity index (χ0) is 12.1. The van der Waals surface area contributed by atoms with Crippen LogP contribution in [0.3, 0.4) is 0 Å². The largest absolute Gasteiger partial charge is 0.373 e. The number of carbonyl (C=O) groups is 1. The predicted octanol–water partition coefficient (Wildman–Crippen LogP) is 0.341. The van der Waals surface area contributed by atoms with Crippen LogP contribution in [-0.4, -0.2) is 34.1 Å². The number of fused-ring (bicyclic) bond motifs is 1. The minimum atomic E-state index is 0.0430. The van der Waals surface area contributed by atoms with E-state index < -0.39 is 0 Å². The molecule has 1 atom stereocenters. The molecule has 1 aromatic heterocycles. The maximum absolute atomic E-state index is 11.6. The van der Waals surface area contributed by atoms with Gasteiger partial charge in [0.25, 0.3) is 0 Å². The maximum atomic E-state index is 11.6. The summed E-state index contributed by atoms with van der Waals surface area (Å²) in [4.78, 5) is 11.6. The number of nitrogens with one attached hydrogen (secondary N) is 1. The van der Waals surface area contributed by atoms with Gasteiger partial charge in [0.05, 0.1) is 25.1 Å². The summed E-state index contributed by atoms with van der Waals surface area (Å²) in [6, 6.07) is 0. The molecule has 0 aliphatic carbocycles. The maximum Gasteiger partial charge on any atom is 0.222 e. The summed E-state index contributed by atoms with van der Waals surface area (Å²) in [5.41, 5.74) is 0.990. The molecule has 0 fully saturated rings.